The summed E-state index contributed by atoms with van der Waals surface area (Å²) >= 11 is 0. The van der Waals surface area contributed by atoms with Crippen LogP contribution in [0.5, 0.6) is 0 Å². The third-order valence-electron chi connectivity index (χ3n) is 3.57. The minimum atomic E-state index is 0.512. The van der Waals surface area contributed by atoms with Crippen LogP contribution in [-0.4, -0.2) is 26.7 Å². The van der Waals surface area contributed by atoms with Crippen molar-refractivity contribution in [2.24, 2.45) is 11.3 Å². The van der Waals surface area contributed by atoms with Crippen molar-refractivity contribution < 1.29 is 0 Å². The van der Waals surface area contributed by atoms with E-state index >= 15 is 0 Å². The minimum Gasteiger partial charge on any atom is -0.320 e. The first kappa shape index (κ1) is 12.0. The standard InChI is InChI=1S/C12H26N2/c1-12(2,11-6-4-7-11)10-14-9-5-8-13-3/h11,13-14H,4-10H2,1-3H3. The molecule has 14 heavy (non-hydrogen) atoms. The summed E-state index contributed by atoms with van der Waals surface area (Å²) in [6.45, 7) is 8.26. The molecule has 1 aliphatic rings. The Morgan fingerprint density at radius 2 is 1.93 bits per heavy atom. The molecule has 0 saturated heterocycles. The van der Waals surface area contributed by atoms with Gasteiger partial charge >= 0.3 is 0 Å². The Morgan fingerprint density at radius 3 is 2.43 bits per heavy atom. The van der Waals surface area contributed by atoms with Crippen LogP contribution >= 0.6 is 0 Å². The van der Waals surface area contributed by atoms with Crippen molar-refractivity contribution in [2.45, 2.75) is 39.5 Å². The van der Waals surface area contributed by atoms with Crippen molar-refractivity contribution in [3.05, 3.63) is 0 Å². The highest BCUT2D eigenvalue weighted by Gasteiger charge is 2.33. The third-order valence-corrected chi connectivity index (χ3v) is 3.57. The number of hydrogen-bond donors (Lipinski definition) is 2. The molecule has 1 fully saturated rings. The van der Waals surface area contributed by atoms with E-state index in [0.29, 0.717) is 5.41 Å². The molecule has 0 radical (unpaired) electrons. The van der Waals surface area contributed by atoms with Crippen LogP contribution in [0.4, 0.5) is 0 Å². The fraction of sp³-hybridized carbons (Fsp3) is 1.00. The minimum absolute atomic E-state index is 0.512. The Kier molecular flexibility index (Phi) is 4.90. The predicted molar refractivity (Wildman–Crippen MR) is 62.5 cm³/mol. The number of nitrogens with one attached hydrogen (secondary N) is 2. The van der Waals surface area contributed by atoms with E-state index in [4.69, 9.17) is 0 Å². The zero-order valence-electron chi connectivity index (χ0n) is 10.0. The van der Waals surface area contributed by atoms with Crippen LogP contribution in [0.15, 0.2) is 0 Å². The second kappa shape index (κ2) is 5.72. The van der Waals surface area contributed by atoms with Crippen LogP contribution in [0.25, 0.3) is 0 Å². The average molecular weight is 198 g/mol. The lowest BCUT2D eigenvalue weighted by atomic mass is 9.67. The van der Waals surface area contributed by atoms with Crippen molar-refractivity contribution in [3.63, 3.8) is 0 Å². The van der Waals surface area contributed by atoms with Gasteiger partial charge in [-0.25, -0.2) is 0 Å². The van der Waals surface area contributed by atoms with Crippen LogP contribution in [0.1, 0.15) is 39.5 Å². The fourth-order valence-electron chi connectivity index (χ4n) is 2.13. The van der Waals surface area contributed by atoms with Crippen molar-refractivity contribution in [3.8, 4) is 0 Å². The van der Waals surface area contributed by atoms with Gasteiger partial charge in [0, 0.05) is 6.54 Å². The van der Waals surface area contributed by atoms with E-state index in [1.165, 1.54) is 32.2 Å². The SMILES string of the molecule is CNCCCNCC(C)(C)C1CCC1. The maximum atomic E-state index is 3.57. The van der Waals surface area contributed by atoms with Crippen molar-refractivity contribution in [1.82, 2.24) is 10.6 Å². The maximum Gasteiger partial charge on any atom is 0.000518 e. The van der Waals surface area contributed by atoms with Gasteiger partial charge in [-0.3, -0.25) is 0 Å². The lowest BCUT2D eigenvalue weighted by Crippen LogP contribution is -2.39. The quantitative estimate of drug-likeness (QED) is 0.612. The van der Waals surface area contributed by atoms with Crippen molar-refractivity contribution in [1.29, 1.82) is 0 Å². The molecule has 0 heterocycles. The number of rotatable bonds is 7. The molecule has 2 N–H and O–H groups in total. The van der Waals surface area contributed by atoms with E-state index in [0.717, 1.165) is 19.0 Å². The van der Waals surface area contributed by atoms with Crippen LogP contribution in [0.2, 0.25) is 0 Å². The van der Waals surface area contributed by atoms with E-state index in [1.807, 2.05) is 7.05 Å². The lowest BCUT2D eigenvalue weighted by Gasteiger charge is -2.40. The molecule has 0 bridgehead atoms. The summed E-state index contributed by atoms with van der Waals surface area (Å²) in [5, 5.41) is 6.74. The van der Waals surface area contributed by atoms with Gasteiger partial charge in [0.2, 0.25) is 0 Å². The molecular weight excluding hydrogens is 172 g/mol. The van der Waals surface area contributed by atoms with Crippen LogP contribution in [0.3, 0.4) is 0 Å². The van der Waals surface area contributed by atoms with Gasteiger partial charge in [-0.15, -0.1) is 0 Å². The van der Waals surface area contributed by atoms with Gasteiger partial charge in [-0.05, 0) is 50.7 Å². The lowest BCUT2D eigenvalue weighted by molar-refractivity contribution is 0.119. The fourth-order valence-corrected chi connectivity index (χ4v) is 2.13. The van der Waals surface area contributed by atoms with Gasteiger partial charge in [0.1, 0.15) is 0 Å². The summed E-state index contributed by atoms with van der Waals surface area (Å²) < 4.78 is 0. The summed E-state index contributed by atoms with van der Waals surface area (Å²) in [6.07, 6.45) is 5.58. The van der Waals surface area contributed by atoms with Gasteiger partial charge in [0.15, 0.2) is 0 Å². The molecule has 0 aliphatic heterocycles. The molecule has 0 unspecified atom stereocenters. The Hall–Kier alpha value is -0.0800. The van der Waals surface area contributed by atoms with Crippen molar-refractivity contribution in [2.75, 3.05) is 26.7 Å². The zero-order valence-corrected chi connectivity index (χ0v) is 10.0. The van der Waals surface area contributed by atoms with Gasteiger partial charge in [0.25, 0.3) is 0 Å². The maximum absolute atomic E-state index is 3.57. The highest BCUT2D eigenvalue weighted by Crippen LogP contribution is 2.40. The predicted octanol–water partition coefficient (Wildman–Crippen LogP) is 2.01. The van der Waals surface area contributed by atoms with E-state index < -0.39 is 0 Å². The van der Waals surface area contributed by atoms with Gasteiger partial charge < -0.3 is 10.6 Å². The highest BCUT2D eigenvalue weighted by molar-refractivity contribution is 4.85. The first-order valence-electron chi connectivity index (χ1n) is 6.02. The monoisotopic (exact) mass is 198 g/mol. The third kappa shape index (κ3) is 3.58. The van der Waals surface area contributed by atoms with E-state index in [9.17, 15) is 0 Å². The van der Waals surface area contributed by atoms with Gasteiger partial charge in [-0.1, -0.05) is 20.3 Å². The molecule has 0 amide bonds. The van der Waals surface area contributed by atoms with E-state index in [-0.39, 0.29) is 0 Å². The first-order valence-corrected chi connectivity index (χ1v) is 6.02. The molecule has 84 valence electrons. The summed E-state index contributed by atoms with van der Waals surface area (Å²) in [5.41, 5.74) is 0.512. The van der Waals surface area contributed by atoms with E-state index in [1.54, 1.807) is 0 Å². The molecule has 0 spiro atoms. The van der Waals surface area contributed by atoms with Gasteiger partial charge in [-0.2, -0.15) is 0 Å². The second-order valence-electron chi connectivity index (χ2n) is 5.25. The first-order chi connectivity index (χ1) is 6.67. The second-order valence-corrected chi connectivity index (χ2v) is 5.25. The Morgan fingerprint density at radius 1 is 1.21 bits per heavy atom. The number of hydrogen-bond acceptors (Lipinski definition) is 2. The van der Waals surface area contributed by atoms with Crippen molar-refractivity contribution >= 4 is 0 Å². The molecule has 1 aliphatic carbocycles. The topological polar surface area (TPSA) is 24.1 Å². The molecule has 2 nitrogen and oxygen atoms in total. The molecule has 0 aromatic heterocycles. The van der Waals surface area contributed by atoms with Crippen LogP contribution < -0.4 is 10.6 Å². The summed E-state index contributed by atoms with van der Waals surface area (Å²) in [5.74, 6) is 0.972. The summed E-state index contributed by atoms with van der Waals surface area (Å²) in [6, 6.07) is 0. The molecule has 1 rings (SSSR count). The molecular formula is C12H26N2. The molecule has 1 saturated carbocycles. The Labute approximate surface area is 88.8 Å². The smallest absolute Gasteiger partial charge is 0.000518 e. The Bertz CT molecular complexity index is 150. The average Bonchev–Trinajstić information content (AvgIpc) is 1.99. The molecule has 0 aromatic rings. The zero-order chi connectivity index (χ0) is 10.4. The molecule has 0 atom stereocenters. The summed E-state index contributed by atoms with van der Waals surface area (Å²) in [4.78, 5) is 0. The van der Waals surface area contributed by atoms with Gasteiger partial charge in [0.05, 0.1) is 0 Å². The van der Waals surface area contributed by atoms with Crippen LogP contribution in [-0.2, 0) is 0 Å². The normalized spacial score (nSPS) is 18.2. The van der Waals surface area contributed by atoms with E-state index in [2.05, 4.69) is 24.5 Å². The largest absolute Gasteiger partial charge is 0.320 e. The highest BCUT2D eigenvalue weighted by atomic mass is 14.9. The molecule has 2 heteroatoms. The molecule has 0 aromatic carbocycles. The van der Waals surface area contributed by atoms with Crippen LogP contribution in [0, 0.1) is 11.3 Å². The Balaban J connectivity index is 2.03. The summed E-state index contributed by atoms with van der Waals surface area (Å²) in [7, 11) is 2.01.